The van der Waals surface area contributed by atoms with Crippen molar-refractivity contribution >= 4 is 0 Å². The van der Waals surface area contributed by atoms with Gasteiger partial charge in [0.1, 0.15) is 0 Å². The zero-order chi connectivity index (χ0) is 9.45. The van der Waals surface area contributed by atoms with Gasteiger partial charge in [0, 0.05) is 6.54 Å². The van der Waals surface area contributed by atoms with Crippen molar-refractivity contribution in [3.63, 3.8) is 0 Å². The molecular formula is C10H21N2+. The van der Waals surface area contributed by atoms with Crippen LogP contribution in [-0.4, -0.2) is 44.8 Å². The van der Waals surface area contributed by atoms with Gasteiger partial charge in [0.15, 0.2) is 0 Å². The van der Waals surface area contributed by atoms with E-state index in [2.05, 4.69) is 25.5 Å². The van der Waals surface area contributed by atoms with E-state index >= 15 is 0 Å². The molecule has 0 saturated carbocycles. The van der Waals surface area contributed by atoms with Crippen molar-refractivity contribution in [1.82, 2.24) is 5.32 Å². The summed E-state index contributed by atoms with van der Waals surface area (Å²) in [5.74, 6) is 0. The third-order valence-corrected chi connectivity index (χ3v) is 2.04. The Bertz CT molecular complexity index is 131. The van der Waals surface area contributed by atoms with Gasteiger partial charge < -0.3 is 9.80 Å². The molecule has 1 N–H and O–H groups in total. The molecule has 0 aromatic heterocycles. The summed E-state index contributed by atoms with van der Waals surface area (Å²) < 4.78 is 0.994. The van der Waals surface area contributed by atoms with Crippen LogP contribution in [0.3, 0.4) is 0 Å². The van der Waals surface area contributed by atoms with E-state index in [4.69, 9.17) is 0 Å². The number of nitrogens with zero attached hydrogens (tertiary/aromatic N) is 1. The van der Waals surface area contributed by atoms with Crippen LogP contribution in [0, 0.1) is 0 Å². The van der Waals surface area contributed by atoms with Crippen LogP contribution in [0.4, 0.5) is 0 Å². The second-order valence-electron chi connectivity index (χ2n) is 3.39. The monoisotopic (exact) mass is 169 g/mol. The summed E-state index contributed by atoms with van der Waals surface area (Å²) in [4.78, 5) is 0. The molecule has 0 aromatic rings. The minimum atomic E-state index is 0.994. The highest BCUT2D eigenvalue weighted by atomic mass is 15.3. The Labute approximate surface area is 76.2 Å². The summed E-state index contributed by atoms with van der Waals surface area (Å²) in [6, 6.07) is 0. The van der Waals surface area contributed by atoms with E-state index in [1.54, 1.807) is 0 Å². The first-order chi connectivity index (χ1) is 5.68. The summed E-state index contributed by atoms with van der Waals surface area (Å²) in [5, 5.41) is 3.16. The standard InChI is InChI=1S/C10H21N2/c1-5-8-12(4,9-6-2)10-7-11-3/h5-6,11H,1-2,7-10H2,3-4H3/q+1. The molecule has 2 heteroatoms. The van der Waals surface area contributed by atoms with Crippen molar-refractivity contribution in [2.45, 2.75) is 0 Å². The summed E-state index contributed by atoms with van der Waals surface area (Å²) in [7, 11) is 4.20. The van der Waals surface area contributed by atoms with Gasteiger partial charge in [-0.25, -0.2) is 0 Å². The van der Waals surface area contributed by atoms with Crippen LogP contribution < -0.4 is 5.32 Å². The minimum Gasteiger partial charge on any atom is -0.319 e. The van der Waals surface area contributed by atoms with Gasteiger partial charge in [-0.15, -0.1) is 0 Å². The SMILES string of the molecule is C=CC[N+](C)(CC=C)CCNC. The quantitative estimate of drug-likeness (QED) is 0.443. The Kier molecular flexibility index (Phi) is 5.68. The van der Waals surface area contributed by atoms with Crippen LogP contribution in [0.25, 0.3) is 0 Å². The van der Waals surface area contributed by atoms with Crippen LogP contribution in [0.15, 0.2) is 25.3 Å². The highest BCUT2D eigenvalue weighted by molar-refractivity contribution is 4.71. The molecule has 0 radical (unpaired) electrons. The fourth-order valence-electron chi connectivity index (χ4n) is 1.26. The molecule has 0 amide bonds. The molecule has 0 aliphatic rings. The number of likely N-dealkylation sites (N-methyl/N-ethyl adjacent to an activating group) is 2. The number of hydrogen-bond acceptors (Lipinski definition) is 1. The van der Waals surface area contributed by atoms with E-state index in [9.17, 15) is 0 Å². The summed E-state index contributed by atoms with van der Waals surface area (Å²) in [6.45, 7) is 11.7. The molecule has 0 aliphatic heterocycles. The van der Waals surface area contributed by atoms with Crippen LogP contribution in [0.2, 0.25) is 0 Å². The molecule has 0 rings (SSSR count). The smallest absolute Gasteiger partial charge is 0.0971 e. The van der Waals surface area contributed by atoms with Gasteiger partial charge in [-0.3, -0.25) is 0 Å². The van der Waals surface area contributed by atoms with Gasteiger partial charge >= 0.3 is 0 Å². The van der Waals surface area contributed by atoms with Crippen LogP contribution in [0.1, 0.15) is 0 Å². The van der Waals surface area contributed by atoms with Crippen molar-refractivity contribution < 1.29 is 4.48 Å². The normalized spacial score (nSPS) is 11.2. The summed E-state index contributed by atoms with van der Waals surface area (Å²) >= 11 is 0. The van der Waals surface area contributed by atoms with Crippen molar-refractivity contribution in [2.24, 2.45) is 0 Å². The molecule has 70 valence electrons. The molecule has 0 aliphatic carbocycles. The fraction of sp³-hybridized carbons (Fsp3) is 0.600. The lowest BCUT2D eigenvalue weighted by atomic mass is 10.3. The van der Waals surface area contributed by atoms with Crippen molar-refractivity contribution in [1.29, 1.82) is 0 Å². The van der Waals surface area contributed by atoms with E-state index in [-0.39, 0.29) is 0 Å². The van der Waals surface area contributed by atoms with Gasteiger partial charge in [0.2, 0.25) is 0 Å². The Morgan fingerprint density at radius 3 is 2.08 bits per heavy atom. The maximum Gasteiger partial charge on any atom is 0.0971 e. The topological polar surface area (TPSA) is 12.0 Å². The van der Waals surface area contributed by atoms with Gasteiger partial charge in [-0.2, -0.15) is 0 Å². The first-order valence-corrected chi connectivity index (χ1v) is 4.38. The fourth-order valence-corrected chi connectivity index (χ4v) is 1.26. The molecule has 0 fully saturated rings. The van der Waals surface area contributed by atoms with E-state index in [0.29, 0.717) is 0 Å². The molecule has 2 nitrogen and oxygen atoms in total. The van der Waals surface area contributed by atoms with Crippen molar-refractivity contribution in [3.8, 4) is 0 Å². The highest BCUT2D eigenvalue weighted by Gasteiger charge is 2.16. The van der Waals surface area contributed by atoms with Gasteiger partial charge in [0.25, 0.3) is 0 Å². The molecule has 0 aromatic carbocycles. The Morgan fingerprint density at radius 2 is 1.75 bits per heavy atom. The van der Waals surface area contributed by atoms with Crippen LogP contribution in [0.5, 0.6) is 0 Å². The Morgan fingerprint density at radius 1 is 1.25 bits per heavy atom. The second-order valence-corrected chi connectivity index (χ2v) is 3.39. The molecule has 0 unspecified atom stereocenters. The number of rotatable bonds is 7. The third-order valence-electron chi connectivity index (χ3n) is 2.04. The largest absolute Gasteiger partial charge is 0.319 e. The Balaban J connectivity index is 3.96. The summed E-state index contributed by atoms with van der Waals surface area (Å²) in [6.07, 6.45) is 3.94. The third kappa shape index (κ3) is 4.31. The first kappa shape index (κ1) is 11.4. The number of hydrogen-bond donors (Lipinski definition) is 1. The molecule has 12 heavy (non-hydrogen) atoms. The van der Waals surface area contributed by atoms with Crippen LogP contribution >= 0.6 is 0 Å². The number of quaternary nitrogens is 1. The van der Waals surface area contributed by atoms with E-state index in [0.717, 1.165) is 30.7 Å². The van der Waals surface area contributed by atoms with Crippen molar-refractivity contribution in [2.75, 3.05) is 40.3 Å². The maximum atomic E-state index is 3.77. The number of nitrogens with one attached hydrogen (secondary N) is 1. The zero-order valence-electron chi connectivity index (χ0n) is 8.34. The van der Waals surface area contributed by atoms with E-state index < -0.39 is 0 Å². The molecule has 0 bridgehead atoms. The van der Waals surface area contributed by atoms with Gasteiger partial charge in [-0.1, -0.05) is 13.2 Å². The zero-order valence-corrected chi connectivity index (χ0v) is 8.34. The molecule has 0 atom stereocenters. The molecule has 0 heterocycles. The highest BCUT2D eigenvalue weighted by Crippen LogP contribution is 2.01. The van der Waals surface area contributed by atoms with E-state index in [1.807, 2.05) is 19.2 Å². The Hall–Kier alpha value is -0.600. The lowest BCUT2D eigenvalue weighted by molar-refractivity contribution is -0.897. The van der Waals surface area contributed by atoms with Crippen LogP contribution in [-0.2, 0) is 0 Å². The lowest BCUT2D eigenvalue weighted by Crippen LogP contribution is -2.47. The molecule has 0 saturated heterocycles. The predicted octanol–water partition coefficient (Wildman–Crippen LogP) is 1.02. The molecule has 0 spiro atoms. The average molecular weight is 169 g/mol. The van der Waals surface area contributed by atoms with Crippen molar-refractivity contribution in [3.05, 3.63) is 25.3 Å². The molecular weight excluding hydrogens is 148 g/mol. The minimum absolute atomic E-state index is 0.994. The average Bonchev–Trinajstić information content (AvgIpc) is 2.02. The summed E-state index contributed by atoms with van der Waals surface area (Å²) in [5.41, 5.74) is 0. The van der Waals surface area contributed by atoms with Gasteiger partial charge in [0.05, 0.1) is 26.7 Å². The first-order valence-electron chi connectivity index (χ1n) is 4.38. The van der Waals surface area contributed by atoms with Gasteiger partial charge in [-0.05, 0) is 19.2 Å². The lowest BCUT2D eigenvalue weighted by Gasteiger charge is -2.32. The maximum absolute atomic E-state index is 3.77. The van der Waals surface area contributed by atoms with E-state index in [1.165, 1.54) is 0 Å². The second kappa shape index (κ2) is 5.98. The predicted molar refractivity (Wildman–Crippen MR) is 55.1 cm³/mol.